The average Bonchev–Trinajstić information content (AvgIpc) is 3.28. The van der Waals surface area contributed by atoms with Gasteiger partial charge in [-0.2, -0.15) is 0 Å². The predicted octanol–water partition coefficient (Wildman–Crippen LogP) is 4.15. The first-order valence-corrected chi connectivity index (χ1v) is 11.5. The zero-order valence-corrected chi connectivity index (χ0v) is 17.4. The van der Waals surface area contributed by atoms with Crippen molar-refractivity contribution in [3.8, 4) is 5.75 Å². The molecule has 6 nitrogen and oxygen atoms in total. The molecule has 3 aromatic rings. The molecule has 0 bridgehead atoms. The van der Waals surface area contributed by atoms with Crippen LogP contribution in [0.4, 0.5) is 11.4 Å². The summed E-state index contributed by atoms with van der Waals surface area (Å²) in [6.07, 6.45) is 1.47. The molecule has 2 heterocycles. The third kappa shape index (κ3) is 3.86. The Balaban J connectivity index is 1.61. The van der Waals surface area contributed by atoms with Crippen molar-refractivity contribution >= 4 is 38.6 Å². The van der Waals surface area contributed by atoms with Gasteiger partial charge in [0, 0.05) is 12.2 Å². The molecule has 150 valence electrons. The molecule has 0 fully saturated rings. The molecule has 1 aliphatic rings. The van der Waals surface area contributed by atoms with E-state index < -0.39 is 10.0 Å². The van der Waals surface area contributed by atoms with Crippen molar-refractivity contribution in [2.75, 3.05) is 23.3 Å². The van der Waals surface area contributed by atoms with E-state index in [1.807, 2.05) is 17.5 Å². The zero-order chi connectivity index (χ0) is 20.4. The monoisotopic (exact) mass is 428 g/mol. The Morgan fingerprint density at radius 1 is 1.14 bits per heavy atom. The summed E-state index contributed by atoms with van der Waals surface area (Å²) in [6.45, 7) is 0.419. The average molecular weight is 429 g/mol. The molecule has 1 aromatic heterocycles. The summed E-state index contributed by atoms with van der Waals surface area (Å²) < 4.78 is 32.9. The topological polar surface area (TPSA) is 75.7 Å². The van der Waals surface area contributed by atoms with Gasteiger partial charge in [-0.25, -0.2) is 8.42 Å². The molecule has 0 radical (unpaired) electrons. The number of hydrogen-bond acceptors (Lipinski definition) is 5. The second kappa shape index (κ2) is 7.88. The molecule has 8 heteroatoms. The second-order valence-electron chi connectivity index (χ2n) is 6.63. The first kappa shape index (κ1) is 19.5. The Morgan fingerprint density at radius 2 is 1.93 bits per heavy atom. The fourth-order valence-electron chi connectivity index (χ4n) is 3.37. The van der Waals surface area contributed by atoms with Crippen molar-refractivity contribution in [1.82, 2.24) is 0 Å². The summed E-state index contributed by atoms with van der Waals surface area (Å²) in [6, 6.07) is 15.3. The lowest BCUT2D eigenvalue weighted by atomic mass is 10.0. The quantitative estimate of drug-likeness (QED) is 0.662. The molecule has 1 N–H and O–H groups in total. The van der Waals surface area contributed by atoms with Crippen molar-refractivity contribution in [2.45, 2.75) is 17.7 Å². The van der Waals surface area contributed by atoms with Crippen LogP contribution in [0.1, 0.15) is 21.7 Å². The number of nitrogens with one attached hydrogen (secondary N) is 1. The molecule has 0 saturated heterocycles. The lowest BCUT2D eigenvalue weighted by Crippen LogP contribution is -2.35. The molecule has 0 spiro atoms. The van der Waals surface area contributed by atoms with Gasteiger partial charge in [0.05, 0.1) is 22.6 Å². The van der Waals surface area contributed by atoms with Crippen LogP contribution in [-0.4, -0.2) is 28.0 Å². The molecular formula is C21H20N2O4S2. The molecule has 0 unspecified atom stereocenters. The summed E-state index contributed by atoms with van der Waals surface area (Å²) in [5, 5.41) is 4.73. The van der Waals surface area contributed by atoms with Crippen LogP contribution in [0.25, 0.3) is 0 Å². The number of amides is 1. The third-order valence-corrected chi connectivity index (χ3v) is 7.50. The van der Waals surface area contributed by atoms with Gasteiger partial charge in [-0.05, 0) is 72.3 Å². The van der Waals surface area contributed by atoms with E-state index in [1.54, 1.807) is 49.6 Å². The van der Waals surface area contributed by atoms with Gasteiger partial charge in [0.25, 0.3) is 15.9 Å². The summed E-state index contributed by atoms with van der Waals surface area (Å²) in [4.78, 5) is 13.1. The maximum atomic E-state index is 13.2. The van der Waals surface area contributed by atoms with Crippen molar-refractivity contribution in [3.05, 3.63) is 70.4 Å². The van der Waals surface area contributed by atoms with E-state index in [4.69, 9.17) is 4.74 Å². The molecule has 0 saturated carbocycles. The summed E-state index contributed by atoms with van der Waals surface area (Å²) in [5.41, 5.74) is 2.21. The number of nitrogens with zero attached hydrogens (tertiary/aromatic N) is 1. The van der Waals surface area contributed by atoms with Crippen LogP contribution in [0.5, 0.6) is 5.75 Å². The first-order chi connectivity index (χ1) is 14.0. The Kier molecular flexibility index (Phi) is 5.29. The Labute approximate surface area is 173 Å². The van der Waals surface area contributed by atoms with Crippen LogP contribution >= 0.6 is 11.3 Å². The highest BCUT2D eigenvalue weighted by Crippen LogP contribution is 2.34. The number of aryl methyl sites for hydroxylation is 1. The summed E-state index contributed by atoms with van der Waals surface area (Å²) >= 11 is 1.37. The minimum Gasteiger partial charge on any atom is -0.497 e. The number of thiophene rings is 1. The Morgan fingerprint density at radius 3 is 2.62 bits per heavy atom. The normalized spacial score (nSPS) is 13.6. The molecule has 4 rings (SSSR count). The van der Waals surface area contributed by atoms with Crippen molar-refractivity contribution in [1.29, 1.82) is 0 Å². The van der Waals surface area contributed by atoms with Gasteiger partial charge in [-0.15, -0.1) is 11.3 Å². The number of hydrogen-bond donors (Lipinski definition) is 1. The number of carbonyl (C=O) groups excluding carboxylic acids is 1. The molecule has 0 atom stereocenters. The number of sulfonamides is 1. The first-order valence-electron chi connectivity index (χ1n) is 9.13. The fourth-order valence-corrected chi connectivity index (χ4v) is 5.53. The summed E-state index contributed by atoms with van der Waals surface area (Å²) in [7, 11) is -2.14. The highest BCUT2D eigenvalue weighted by molar-refractivity contribution is 7.92. The van der Waals surface area contributed by atoms with Gasteiger partial charge < -0.3 is 10.1 Å². The largest absolute Gasteiger partial charge is 0.497 e. The molecular weight excluding hydrogens is 408 g/mol. The van der Waals surface area contributed by atoms with Gasteiger partial charge in [0.15, 0.2) is 0 Å². The van der Waals surface area contributed by atoms with E-state index >= 15 is 0 Å². The van der Waals surface area contributed by atoms with Crippen LogP contribution in [-0.2, 0) is 16.4 Å². The molecule has 29 heavy (non-hydrogen) atoms. The van der Waals surface area contributed by atoms with Crippen LogP contribution < -0.4 is 14.4 Å². The molecule has 0 aliphatic carbocycles. The van der Waals surface area contributed by atoms with Gasteiger partial charge in [-0.1, -0.05) is 6.07 Å². The number of anilines is 2. The van der Waals surface area contributed by atoms with E-state index in [9.17, 15) is 13.2 Å². The lowest BCUT2D eigenvalue weighted by molar-refractivity contribution is 0.103. The maximum absolute atomic E-state index is 13.2. The molecule has 2 aromatic carbocycles. The van der Waals surface area contributed by atoms with Gasteiger partial charge in [-0.3, -0.25) is 9.10 Å². The van der Waals surface area contributed by atoms with Gasteiger partial charge >= 0.3 is 0 Å². The van der Waals surface area contributed by atoms with Crippen molar-refractivity contribution < 1.29 is 17.9 Å². The number of fused-ring (bicyclic) bond motifs is 1. The SMILES string of the molecule is COc1ccc(S(=O)(=O)N2CCCc3cc(NC(=O)c4cccs4)ccc32)cc1. The van der Waals surface area contributed by atoms with Crippen molar-refractivity contribution in [2.24, 2.45) is 0 Å². The van der Waals surface area contributed by atoms with Crippen LogP contribution in [0.2, 0.25) is 0 Å². The minimum absolute atomic E-state index is 0.168. The highest BCUT2D eigenvalue weighted by atomic mass is 32.2. The number of ether oxygens (including phenoxy) is 1. The molecule has 1 amide bonds. The Bertz CT molecular complexity index is 1120. The smallest absolute Gasteiger partial charge is 0.265 e. The predicted molar refractivity (Wildman–Crippen MR) is 115 cm³/mol. The van der Waals surface area contributed by atoms with E-state index in [0.717, 1.165) is 12.0 Å². The summed E-state index contributed by atoms with van der Waals surface area (Å²) in [5.74, 6) is 0.438. The maximum Gasteiger partial charge on any atom is 0.265 e. The number of carbonyl (C=O) groups is 1. The third-order valence-electron chi connectivity index (χ3n) is 4.81. The number of benzene rings is 2. The van der Waals surface area contributed by atoms with Crippen LogP contribution in [0.15, 0.2) is 64.9 Å². The van der Waals surface area contributed by atoms with E-state index in [-0.39, 0.29) is 10.8 Å². The van der Waals surface area contributed by atoms with Crippen molar-refractivity contribution in [3.63, 3.8) is 0 Å². The van der Waals surface area contributed by atoms with E-state index in [0.29, 0.717) is 35.0 Å². The zero-order valence-electron chi connectivity index (χ0n) is 15.8. The standard InChI is InChI=1S/C21H20N2O4S2/c1-27-17-7-9-18(10-8-17)29(25,26)23-12-2-4-15-14-16(6-11-19(15)23)22-21(24)20-5-3-13-28-20/h3,5-11,13-14H,2,4,12H2,1H3,(H,22,24). The minimum atomic E-state index is -3.68. The highest BCUT2D eigenvalue weighted by Gasteiger charge is 2.29. The number of methoxy groups -OCH3 is 1. The van der Waals surface area contributed by atoms with E-state index in [2.05, 4.69) is 5.32 Å². The fraction of sp³-hybridized carbons (Fsp3) is 0.190. The van der Waals surface area contributed by atoms with E-state index in [1.165, 1.54) is 15.6 Å². The van der Waals surface area contributed by atoms with Gasteiger partial charge in [0.1, 0.15) is 5.75 Å². The second-order valence-corrected chi connectivity index (χ2v) is 9.44. The van der Waals surface area contributed by atoms with Gasteiger partial charge in [0.2, 0.25) is 0 Å². The molecule has 1 aliphatic heterocycles. The van der Waals surface area contributed by atoms with Crippen LogP contribution in [0.3, 0.4) is 0 Å². The Hall–Kier alpha value is -2.84. The number of rotatable bonds is 5. The van der Waals surface area contributed by atoms with Crippen LogP contribution in [0, 0.1) is 0 Å². The lowest BCUT2D eigenvalue weighted by Gasteiger charge is -2.31.